The van der Waals surface area contributed by atoms with Gasteiger partial charge < -0.3 is 9.72 Å². The van der Waals surface area contributed by atoms with Crippen LogP contribution in [0.4, 0.5) is 0 Å². The van der Waals surface area contributed by atoms with Gasteiger partial charge in [-0.05, 0) is 18.2 Å². The number of ketones is 1. The Morgan fingerprint density at radius 2 is 2.00 bits per heavy atom. The summed E-state index contributed by atoms with van der Waals surface area (Å²) in [4.78, 5) is 14.4. The molecule has 1 aromatic carbocycles. The number of para-hydroxylation sites is 1. The Bertz CT molecular complexity index is 420. The van der Waals surface area contributed by atoms with E-state index in [9.17, 15) is 4.79 Å². The maximum atomic E-state index is 11.5. The maximum Gasteiger partial charge on any atom is 0.201 e. The van der Waals surface area contributed by atoms with E-state index in [4.69, 9.17) is 4.74 Å². The minimum Gasteiger partial charge on any atom is -0.485 e. The van der Waals surface area contributed by atoms with Crippen LogP contribution in [0.2, 0.25) is 0 Å². The van der Waals surface area contributed by atoms with Crippen molar-refractivity contribution in [1.29, 1.82) is 0 Å². The van der Waals surface area contributed by atoms with Crippen LogP contribution in [0.25, 0.3) is 0 Å². The van der Waals surface area contributed by atoms with Crippen molar-refractivity contribution < 1.29 is 9.53 Å². The lowest BCUT2D eigenvalue weighted by Gasteiger charge is -2.03. The van der Waals surface area contributed by atoms with Crippen LogP contribution in [-0.4, -0.2) is 17.4 Å². The molecule has 0 bridgehead atoms. The van der Waals surface area contributed by atoms with Crippen LogP contribution in [0.15, 0.2) is 48.8 Å². The maximum absolute atomic E-state index is 11.5. The second-order valence-electron chi connectivity index (χ2n) is 3.12. The molecular weight excluding hydrogens is 190 g/mol. The average molecular weight is 201 g/mol. The highest BCUT2D eigenvalue weighted by molar-refractivity contribution is 5.97. The van der Waals surface area contributed by atoms with Crippen LogP contribution in [-0.2, 0) is 0 Å². The molecule has 1 heterocycles. The SMILES string of the molecule is O=C(COc1ccccc1)c1cc[nH]c1. The Hall–Kier alpha value is -2.03. The Morgan fingerprint density at radius 1 is 1.20 bits per heavy atom. The lowest BCUT2D eigenvalue weighted by Crippen LogP contribution is -2.10. The van der Waals surface area contributed by atoms with E-state index in [0.717, 1.165) is 0 Å². The van der Waals surface area contributed by atoms with E-state index in [1.165, 1.54) is 0 Å². The molecule has 0 saturated carbocycles. The first-order valence-corrected chi connectivity index (χ1v) is 4.70. The quantitative estimate of drug-likeness (QED) is 0.771. The number of nitrogens with one attached hydrogen (secondary N) is 1. The topological polar surface area (TPSA) is 42.1 Å². The summed E-state index contributed by atoms with van der Waals surface area (Å²) in [5, 5.41) is 0. The molecule has 0 amide bonds. The van der Waals surface area contributed by atoms with Crippen molar-refractivity contribution >= 4 is 5.78 Å². The van der Waals surface area contributed by atoms with Gasteiger partial charge in [0.15, 0.2) is 6.61 Å². The lowest BCUT2D eigenvalue weighted by molar-refractivity contribution is 0.0921. The molecule has 1 aromatic heterocycles. The van der Waals surface area contributed by atoms with Crippen molar-refractivity contribution in [3.8, 4) is 5.75 Å². The molecule has 0 unspecified atom stereocenters. The standard InChI is InChI=1S/C12H11NO2/c14-12(10-6-7-13-8-10)9-15-11-4-2-1-3-5-11/h1-8,13H,9H2. The molecule has 3 nitrogen and oxygen atoms in total. The van der Waals surface area contributed by atoms with Gasteiger partial charge in [-0.15, -0.1) is 0 Å². The molecule has 2 rings (SSSR count). The lowest BCUT2D eigenvalue weighted by atomic mass is 10.2. The first kappa shape index (κ1) is 9.52. The van der Waals surface area contributed by atoms with Gasteiger partial charge >= 0.3 is 0 Å². The number of ether oxygens (including phenoxy) is 1. The number of aromatic amines is 1. The molecule has 2 aromatic rings. The highest BCUT2D eigenvalue weighted by Crippen LogP contribution is 2.09. The Kier molecular flexibility index (Phi) is 2.83. The van der Waals surface area contributed by atoms with Crippen molar-refractivity contribution in [3.05, 3.63) is 54.4 Å². The Morgan fingerprint density at radius 3 is 2.67 bits per heavy atom. The second kappa shape index (κ2) is 4.46. The summed E-state index contributed by atoms with van der Waals surface area (Å²) in [7, 11) is 0. The van der Waals surface area contributed by atoms with E-state index in [1.54, 1.807) is 18.5 Å². The fourth-order valence-electron chi connectivity index (χ4n) is 1.25. The van der Waals surface area contributed by atoms with Crippen LogP contribution in [0, 0.1) is 0 Å². The van der Waals surface area contributed by atoms with Crippen LogP contribution in [0.1, 0.15) is 10.4 Å². The average Bonchev–Trinajstić information content (AvgIpc) is 2.81. The van der Waals surface area contributed by atoms with Gasteiger partial charge in [-0.25, -0.2) is 0 Å². The summed E-state index contributed by atoms with van der Waals surface area (Å²) in [6.07, 6.45) is 3.38. The molecule has 0 saturated heterocycles. The van der Waals surface area contributed by atoms with Gasteiger partial charge in [0.05, 0.1) is 0 Å². The molecule has 0 aliphatic carbocycles. The van der Waals surface area contributed by atoms with Crippen LogP contribution >= 0.6 is 0 Å². The van der Waals surface area contributed by atoms with Gasteiger partial charge in [0.25, 0.3) is 0 Å². The Balaban J connectivity index is 1.92. The van der Waals surface area contributed by atoms with Gasteiger partial charge in [-0.1, -0.05) is 18.2 Å². The third-order valence-electron chi connectivity index (χ3n) is 2.03. The molecule has 0 spiro atoms. The summed E-state index contributed by atoms with van der Waals surface area (Å²) in [6, 6.07) is 11.0. The highest BCUT2D eigenvalue weighted by Gasteiger charge is 2.06. The molecule has 0 fully saturated rings. The third-order valence-corrected chi connectivity index (χ3v) is 2.03. The molecular formula is C12H11NO2. The highest BCUT2D eigenvalue weighted by atomic mass is 16.5. The molecule has 0 radical (unpaired) electrons. The summed E-state index contributed by atoms with van der Waals surface area (Å²) in [5.74, 6) is 0.682. The number of Topliss-reactive ketones (excluding diaryl/α,β-unsaturated/α-hetero) is 1. The molecule has 15 heavy (non-hydrogen) atoms. The van der Waals surface area contributed by atoms with Crippen LogP contribution in [0.3, 0.4) is 0 Å². The zero-order valence-electron chi connectivity index (χ0n) is 8.14. The summed E-state index contributed by atoms with van der Waals surface area (Å²) in [6.45, 7) is 0.0713. The van der Waals surface area contributed by atoms with Crippen molar-refractivity contribution in [2.24, 2.45) is 0 Å². The van der Waals surface area contributed by atoms with Crippen molar-refractivity contribution in [2.75, 3.05) is 6.61 Å². The Labute approximate surface area is 87.7 Å². The fourth-order valence-corrected chi connectivity index (χ4v) is 1.25. The van der Waals surface area contributed by atoms with E-state index >= 15 is 0 Å². The van der Waals surface area contributed by atoms with Crippen LogP contribution < -0.4 is 4.74 Å². The first-order chi connectivity index (χ1) is 7.36. The minimum absolute atomic E-state index is 0.0277. The normalized spacial score (nSPS) is 9.87. The van der Waals surface area contributed by atoms with Crippen molar-refractivity contribution in [3.63, 3.8) is 0 Å². The number of aromatic nitrogens is 1. The zero-order valence-corrected chi connectivity index (χ0v) is 8.14. The zero-order chi connectivity index (χ0) is 10.5. The molecule has 0 aliphatic rings. The van der Waals surface area contributed by atoms with Gasteiger partial charge in [-0.2, -0.15) is 0 Å². The minimum atomic E-state index is -0.0277. The predicted molar refractivity (Wildman–Crippen MR) is 57.1 cm³/mol. The summed E-state index contributed by atoms with van der Waals surface area (Å²) >= 11 is 0. The second-order valence-corrected chi connectivity index (χ2v) is 3.12. The van der Waals surface area contributed by atoms with Crippen molar-refractivity contribution in [1.82, 2.24) is 4.98 Å². The summed E-state index contributed by atoms with van der Waals surface area (Å²) < 4.78 is 5.33. The van der Waals surface area contributed by atoms with Gasteiger partial charge in [0, 0.05) is 18.0 Å². The monoisotopic (exact) mass is 201 g/mol. The van der Waals surface area contributed by atoms with Crippen LogP contribution in [0.5, 0.6) is 5.75 Å². The molecule has 0 atom stereocenters. The van der Waals surface area contributed by atoms with E-state index in [2.05, 4.69) is 4.98 Å². The molecule has 76 valence electrons. The number of H-pyrrole nitrogens is 1. The van der Waals surface area contributed by atoms with E-state index in [0.29, 0.717) is 11.3 Å². The number of hydrogen-bond acceptors (Lipinski definition) is 2. The third kappa shape index (κ3) is 2.47. The molecule has 3 heteroatoms. The van der Waals surface area contributed by atoms with Gasteiger partial charge in [0.2, 0.25) is 5.78 Å². The largest absolute Gasteiger partial charge is 0.485 e. The number of rotatable bonds is 4. The van der Waals surface area contributed by atoms with Crippen molar-refractivity contribution in [2.45, 2.75) is 0 Å². The van der Waals surface area contributed by atoms with E-state index in [-0.39, 0.29) is 12.4 Å². The number of hydrogen-bond donors (Lipinski definition) is 1. The number of carbonyl (C=O) groups excluding carboxylic acids is 1. The molecule has 0 aliphatic heterocycles. The van der Waals surface area contributed by atoms with Gasteiger partial charge in [0.1, 0.15) is 5.75 Å². The number of carbonyl (C=O) groups is 1. The first-order valence-electron chi connectivity index (χ1n) is 4.70. The molecule has 1 N–H and O–H groups in total. The smallest absolute Gasteiger partial charge is 0.201 e. The fraction of sp³-hybridized carbons (Fsp3) is 0.0833. The van der Waals surface area contributed by atoms with E-state index in [1.807, 2.05) is 30.3 Å². The van der Waals surface area contributed by atoms with E-state index < -0.39 is 0 Å². The predicted octanol–water partition coefficient (Wildman–Crippen LogP) is 2.28. The number of benzene rings is 1. The summed E-state index contributed by atoms with van der Waals surface area (Å²) in [5.41, 5.74) is 0.644. The van der Waals surface area contributed by atoms with Gasteiger partial charge in [-0.3, -0.25) is 4.79 Å².